The number of rotatable bonds is 6. The summed E-state index contributed by atoms with van der Waals surface area (Å²) in [6.07, 6.45) is 0. The smallest absolute Gasteiger partial charge is 0.0950 e. The highest BCUT2D eigenvalue weighted by molar-refractivity contribution is 5.49. The Kier molecular flexibility index (Phi) is 5.32. The lowest BCUT2D eigenvalue weighted by Crippen LogP contribution is -2.53. The van der Waals surface area contributed by atoms with Gasteiger partial charge in [-0.15, -0.1) is 0 Å². The third-order valence-electron chi connectivity index (χ3n) is 4.85. The van der Waals surface area contributed by atoms with Crippen LogP contribution in [0.3, 0.4) is 0 Å². The Morgan fingerprint density at radius 2 is 0.960 bits per heavy atom. The van der Waals surface area contributed by atoms with Crippen LogP contribution in [0, 0.1) is 0 Å². The van der Waals surface area contributed by atoms with Crippen LogP contribution in [0.2, 0.25) is 0 Å². The van der Waals surface area contributed by atoms with E-state index in [0.717, 1.165) is 0 Å². The van der Waals surface area contributed by atoms with Crippen LogP contribution in [0.15, 0.2) is 91.0 Å². The van der Waals surface area contributed by atoms with E-state index >= 15 is 0 Å². The second kappa shape index (κ2) is 7.64. The first-order valence-electron chi connectivity index (χ1n) is 8.84. The topological polar surface area (TPSA) is 38.0 Å². The normalized spacial score (nSPS) is 14.0. The fraction of sp³-hybridized carbons (Fsp3) is 0.217. The lowest BCUT2D eigenvalue weighted by atomic mass is 9.76. The summed E-state index contributed by atoms with van der Waals surface area (Å²) in [4.78, 5) is 0. The Morgan fingerprint density at radius 1 is 0.640 bits per heavy atom. The molecule has 25 heavy (non-hydrogen) atoms. The number of hydrogen-bond donors (Lipinski definition) is 2. The van der Waals surface area contributed by atoms with Crippen molar-refractivity contribution in [1.29, 1.82) is 0 Å². The zero-order valence-corrected chi connectivity index (χ0v) is 14.9. The predicted molar refractivity (Wildman–Crippen MR) is 105 cm³/mol. The van der Waals surface area contributed by atoms with Gasteiger partial charge in [-0.1, -0.05) is 91.0 Å². The Bertz CT molecular complexity index is 670. The lowest BCUT2D eigenvalue weighted by molar-refractivity contribution is 0.373. The second-order valence-corrected chi connectivity index (χ2v) is 6.64. The largest absolute Gasteiger partial charge is 0.327 e. The van der Waals surface area contributed by atoms with Gasteiger partial charge in [0.15, 0.2) is 0 Å². The minimum absolute atomic E-state index is 0.0375. The molecule has 0 saturated heterocycles. The fourth-order valence-corrected chi connectivity index (χ4v) is 3.29. The molecule has 0 heterocycles. The molecule has 2 atom stereocenters. The van der Waals surface area contributed by atoms with Gasteiger partial charge in [0.05, 0.1) is 5.54 Å². The van der Waals surface area contributed by atoms with Crippen molar-refractivity contribution in [3.63, 3.8) is 0 Å². The fourth-order valence-electron chi connectivity index (χ4n) is 3.29. The van der Waals surface area contributed by atoms with Crippen LogP contribution in [0.25, 0.3) is 0 Å². The van der Waals surface area contributed by atoms with Crippen LogP contribution < -0.4 is 11.1 Å². The van der Waals surface area contributed by atoms with Crippen molar-refractivity contribution in [2.75, 3.05) is 0 Å². The molecule has 3 N–H and O–H groups in total. The molecule has 0 fully saturated rings. The van der Waals surface area contributed by atoms with Gasteiger partial charge in [0.1, 0.15) is 0 Å². The summed E-state index contributed by atoms with van der Waals surface area (Å²) in [6, 6.07) is 32.0. The first kappa shape index (κ1) is 17.4. The average Bonchev–Trinajstić information content (AvgIpc) is 2.68. The van der Waals surface area contributed by atoms with Gasteiger partial charge in [0.25, 0.3) is 0 Å². The molecule has 3 aromatic carbocycles. The van der Waals surface area contributed by atoms with E-state index < -0.39 is 5.54 Å². The first-order valence-corrected chi connectivity index (χ1v) is 8.84. The molecule has 0 aliphatic carbocycles. The Morgan fingerprint density at radius 3 is 1.24 bits per heavy atom. The summed E-state index contributed by atoms with van der Waals surface area (Å²) in [6.45, 7) is 4.19. The summed E-state index contributed by atoms with van der Waals surface area (Å²) >= 11 is 0. The minimum Gasteiger partial charge on any atom is -0.327 e. The predicted octanol–water partition coefficient (Wildman–Crippen LogP) is 4.30. The van der Waals surface area contributed by atoms with E-state index in [9.17, 15) is 0 Å². The maximum atomic E-state index is 6.21. The maximum Gasteiger partial charge on any atom is 0.0950 e. The van der Waals surface area contributed by atoms with E-state index in [-0.39, 0.29) is 12.1 Å². The number of hydrogen-bond acceptors (Lipinski definition) is 2. The SMILES string of the molecule is CC(N)C(C)NC(c1ccccc1)(c1ccccc1)c1ccccc1. The van der Waals surface area contributed by atoms with Crippen molar-refractivity contribution < 1.29 is 0 Å². The number of benzene rings is 3. The summed E-state index contributed by atoms with van der Waals surface area (Å²) in [5.41, 5.74) is 9.39. The average molecular weight is 330 g/mol. The lowest BCUT2D eigenvalue weighted by Gasteiger charge is -2.40. The molecule has 2 heteroatoms. The standard InChI is InChI=1S/C23H26N2/c1-18(24)19(2)25-23(20-12-6-3-7-13-20,21-14-8-4-9-15-21)22-16-10-5-11-17-22/h3-19,25H,24H2,1-2H3. The second-order valence-electron chi connectivity index (χ2n) is 6.64. The van der Waals surface area contributed by atoms with Crippen molar-refractivity contribution in [2.45, 2.75) is 31.5 Å². The van der Waals surface area contributed by atoms with Gasteiger partial charge in [-0.05, 0) is 30.5 Å². The molecule has 3 aromatic rings. The minimum atomic E-state index is -0.448. The quantitative estimate of drug-likeness (QED) is 0.661. The third-order valence-corrected chi connectivity index (χ3v) is 4.85. The summed E-state index contributed by atoms with van der Waals surface area (Å²) in [5, 5.41) is 3.85. The summed E-state index contributed by atoms with van der Waals surface area (Å²) < 4.78 is 0. The molecule has 0 saturated carbocycles. The molecular weight excluding hydrogens is 304 g/mol. The van der Waals surface area contributed by atoms with Crippen molar-refractivity contribution in [3.8, 4) is 0 Å². The summed E-state index contributed by atoms with van der Waals surface area (Å²) in [5.74, 6) is 0. The van der Waals surface area contributed by atoms with Crippen LogP contribution in [-0.2, 0) is 5.54 Å². The molecule has 3 rings (SSSR count). The van der Waals surface area contributed by atoms with Crippen LogP contribution in [0.4, 0.5) is 0 Å². The molecule has 2 unspecified atom stereocenters. The van der Waals surface area contributed by atoms with Gasteiger partial charge in [-0.25, -0.2) is 0 Å². The Balaban J connectivity index is 2.27. The molecule has 0 bridgehead atoms. The van der Waals surface area contributed by atoms with Crippen molar-refractivity contribution in [2.24, 2.45) is 5.73 Å². The van der Waals surface area contributed by atoms with Gasteiger partial charge >= 0.3 is 0 Å². The molecule has 128 valence electrons. The maximum absolute atomic E-state index is 6.21. The van der Waals surface area contributed by atoms with E-state index in [1.807, 2.05) is 6.92 Å². The monoisotopic (exact) mass is 330 g/mol. The van der Waals surface area contributed by atoms with Crippen LogP contribution in [0.1, 0.15) is 30.5 Å². The molecule has 0 spiro atoms. The van der Waals surface area contributed by atoms with Crippen molar-refractivity contribution in [1.82, 2.24) is 5.32 Å². The molecular formula is C23H26N2. The Hall–Kier alpha value is -2.42. The van der Waals surface area contributed by atoms with Crippen LogP contribution in [-0.4, -0.2) is 12.1 Å². The molecule has 0 radical (unpaired) electrons. The number of nitrogens with two attached hydrogens (primary N) is 1. The third kappa shape index (κ3) is 3.51. The van der Waals surface area contributed by atoms with E-state index in [1.165, 1.54) is 16.7 Å². The van der Waals surface area contributed by atoms with Crippen molar-refractivity contribution in [3.05, 3.63) is 108 Å². The summed E-state index contributed by atoms with van der Waals surface area (Å²) in [7, 11) is 0. The van der Waals surface area contributed by atoms with Crippen molar-refractivity contribution >= 4 is 0 Å². The van der Waals surface area contributed by atoms with Gasteiger partial charge in [-0.2, -0.15) is 0 Å². The zero-order chi connectivity index (χ0) is 17.7. The molecule has 0 aromatic heterocycles. The van der Waals surface area contributed by atoms with Gasteiger partial charge in [0, 0.05) is 12.1 Å². The highest BCUT2D eigenvalue weighted by atomic mass is 15.0. The molecule has 0 amide bonds. The van der Waals surface area contributed by atoms with Gasteiger partial charge in [-0.3, -0.25) is 5.32 Å². The van der Waals surface area contributed by atoms with E-state index in [2.05, 4.69) is 103 Å². The van der Waals surface area contributed by atoms with Crippen LogP contribution in [0.5, 0.6) is 0 Å². The van der Waals surface area contributed by atoms with E-state index in [0.29, 0.717) is 0 Å². The van der Waals surface area contributed by atoms with Gasteiger partial charge < -0.3 is 5.73 Å². The van der Waals surface area contributed by atoms with Crippen LogP contribution >= 0.6 is 0 Å². The number of nitrogens with one attached hydrogen (secondary N) is 1. The van der Waals surface area contributed by atoms with E-state index in [1.54, 1.807) is 0 Å². The zero-order valence-electron chi connectivity index (χ0n) is 14.9. The highest BCUT2D eigenvalue weighted by Gasteiger charge is 2.37. The van der Waals surface area contributed by atoms with Gasteiger partial charge in [0.2, 0.25) is 0 Å². The first-order chi connectivity index (χ1) is 12.1. The Labute approximate surface area is 150 Å². The highest BCUT2D eigenvalue weighted by Crippen LogP contribution is 2.37. The van der Waals surface area contributed by atoms with E-state index in [4.69, 9.17) is 5.73 Å². The molecule has 0 aliphatic rings. The molecule has 2 nitrogen and oxygen atoms in total. The molecule has 0 aliphatic heterocycles.